The van der Waals surface area contributed by atoms with Crippen molar-refractivity contribution in [2.45, 2.75) is 20.0 Å². The molecule has 0 aliphatic carbocycles. The highest BCUT2D eigenvalue weighted by Gasteiger charge is 2.19. The normalized spacial score (nSPS) is 18.6. The van der Waals surface area contributed by atoms with Gasteiger partial charge in [-0.05, 0) is 18.2 Å². The second-order valence-electron chi connectivity index (χ2n) is 4.42. The monoisotopic (exact) mass is 283 g/mol. The van der Waals surface area contributed by atoms with Gasteiger partial charge in [0.2, 0.25) is 0 Å². The molecule has 7 heteroatoms. The van der Waals surface area contributed by atoms with Crippen LogP contribution in [-0.4, -0.2) is 25.3 Å². The van der Waals surface area contributed by atoms with Crippen LogP contribution in [0.1, 0.15) is 18.9 Å². The molecule has 20 heavy (non-hydrogen) atoms. The molecule has 2 N–H and O–H groups in total. The van der Waals surface area contributed by atoms with Gasteiger partial charge in [0.25, 0.3) is 0 Å². The quantitative estimate of drug-likeness (QED) is 0.922. The summed E-state index contributed by atoms with van der Waals surface area (Å²) in [4.78, 5) is 0. The Kier molecular flexibility index (Phi) is 4.16. The number of methoxy groups -OCH3 is 1. The number of benzene rings is 1. The standard InChI is InChI=1S/C13H15F2N3O2/c1-7-5-9(17-18-12(7)16)8-3-4-10(19-2)11(6-8)20-13(14)15/h3-4,6-7,13H,5H2,1-2H3,(H2,16,18). The average Bonchev–Trinajstić information content (AvgIpc) is 2.41. The van der Waals surface area contributed by atoms with Gasteiger partial charge in [-0.2, -0.15) is 13.9 Å². The van der Waals surface area contributed by atoms with E-state index in [4.69, 9.17) is 10.5 Å². The predicted octanol–water partition coefficient (Wildman–Crippen LogP) is 2.40. The number of amidine groups is 1. The number of ether oxygens (including phenoxy) is 2. The Morgan fingerprint density at radius 3 is 2.65 bits per heavy atom. The van der Waals surface area contributed by atoms with Crippen LogP contribution < -0.4 is 15.2 Å². The van der Waals surface area contributed by atoms with Crippen LogP contribution in [-0.2, 0) is 0 Å². The molecular formula is C13H15F2N3O2. The molecule has 1 atom stereocenters. The highest BCUT2D eigenvalue weighted by Crippen LogP contribution is 2.30. The SMILES string of the molecule is COc1ccc(C2=NN=C(N)C(C)C2)cc1OC(F)F. The molecule has 108 valence electrons. The van der Waals surface area contributed by atoms with E-state index in [1.54, 1.807) is 12.1 Å². The van der Waals surface area contributed by atoms with Crippen molar-refractivity contribution in [3.63, 3.8) is 0 Å². The molecule has 2 rings (SSSR count). The first kappa shape index (κ1) is 14.2. The summed E-state index contributed by atoms with van der Waals surface area (Å²) in [7, 11) is 1.39. The summed E-state index contributed by atoms with van der Waals surface area (Å²) in [5, 5.41) is 7.87. The van der Waals surface area contributed by atoms with Crippen molar-refractivity contribution >= 4 is 11.5 Å². The van der Waals surface area contributed by atoms with Crippen LogP contribution in [0.4, 0.5) is 8.78 Å². The lowest BCUT2D eigenvalue weighted by Crippen LogP contribution is -2.26. The van der Waals surface area contributed by atoms with Crippen LogP contribution in [0.2, 0.25) is 0 Å². The molecule has 0 fully saturated rings. The average molecular weight is 283 g/mol. The molecule has 0 aromatic heterocycles. The van der Waals surface area contributed by atoms with E-state index < -0.39 is 6.61 Å². The number of alkyl halides is 2. The smallest absolute Gasteiger partial charge is 0.387 e. The van der Waals surface area contributed by atoms with Crippen LogP contribution in [0.5, 0.6) is 11.5 Å². The van der Waals surface area contributed by atoms with Gasteiger partial charge in [0.15, 0.2) is 11.5 Å². The molecule has 0 radical (unpaired) electrons. The Balaban J connectivity index is 2.34. The lowest BCUT2D eigenvalue weighted by Gasteiger charge is -2.17. The first-order valence-electron chi connectivity index (χ1n) is 6.04. The van der Waals surface area contributed by atoms with E-state index in [0.29, 0.717) is 23.5 Å². The first-order valence-corrected chi connectivity index (χ1v) is 6.04. The van der Waals surface area contributed by atoms with Gasteiger partial charge in [-0.25, -0.2) is 0 Å². The summed E-state index contributed by atoms with van der Waals surface area (Å²) in [6, 6.07) is 4.75. The zero-order valence-electron chi connectivity index (χ0n) is 11.1. The number of nitrogens with two attached hydrogens (primary N) is 1. The van der Waals surface area contributed by atoms with Gasteiger partial charge >= 0.3 is 6.61 Å². The second-order valence-corrected chi connectivity index (χ2v) is 4.42. The summed E-state index contributed by atoms with van der Waals surface area (Å²) in [6.07, 6.45) is 0.593. The number of hydrogen-bond acceptors (Lipinski definition) is 5. The summed E-state index contributed by atoms with van der Waals surface area (Å²) in [5.41, 5.74) is 6.99. The molecule has 0 amide bonds. The fourth-order valence-electron chi connectivity index (χ4n) is 1.87. The number of halogens is 2. The molecule has 0 saturated heterocycles. The molecular weight excluding hydrogens is 268 g/mol. The molecule has 1 heterocycles. The molecule has 1 aromatic rings. The predicted molar refractivity (Wildman–Crippen MR) is 71.6 cm³/mol. The highest BCUT2D eigenvalue weighted by atomic mass is 19.3. The van der Waals surface area contributed by atoms with Crippen LogP contribution in [0.25, 0.3) is 0 Å². The third-order valence-corrected chi connectivity index (χ3v) is 3.00. The molecule has 1 aromatic carbocycles. The van der Waals surface area contributed by atoms with E-state index >= 15 is 0 Å². The molecule has 5 nitrogen and oxygen atoms in total. The second kappa shape index (κ2) is 5.85. The van der Waals surface area contributed by atoms with Crippen molar-refractivity contribution in [1.82, 2.24) is 0 Å². The van der Waals surface area contributed by atoms with E-state index in [9.17, 15) is 8.78 Å². The minimum Gasteiger partial charge on any atom is -0.493 e. The maximum atomic E-state index is 12.4. The van der Waals surface area contributed by atoms with Crippen LogP contribution >= 0.6 is 0 Å². The van der Waals surface area contributed by atoms with E-state index in [1.165, 1.54) is 13.2 Å². The van der Waals surface area contributed by atoms with E-state index in [0.717, 1.165) is 0 Å². The number of hydrogen-bond donors (Lipinski definition) is 1. The van der Waals surface area contributed by atoms with Crippen molar-refractivity contribution in [2.75, 3.05) is 7.11 Å². The molecule has 1 unspecified atom stereocenters. The van der Waals surface area contributed by atoms with Gasteiger partial charge in [0.05, 0.1) is 12.8 Å². The minimum absolute atomic E-state index is 0.0297. The van der Waals surface area contributed by atoms with Crippen molar-refractivity contribution in [3.05, 3.63) is 23.8 Å². The topological polar surface area (TPSA) is 69.2 Å². The summed E-state index contributed by atoms with van der Waals surface area (Å²) in [6.45, 7) is -0.992. The van der Waals surface area contributed by atoms with Crippen molar-refractivity contribution in [2.24, 2.45) is 21.9 Å². The van der Waals surface area contributed by atoms with Crippen molar-refractivity contribution in [3.8, 4) is 11.5 Å². The number of nitrogens with zero attached hydrogens (tertiary/aromatic N) is 2. The Morgan fingerprint density at radius 1 is 1.30 bits per heavy atom. The van der Waals surface area contributed by atoms with E-state index in [1.807, 2.05) is 6.92 Å². The summed E-state index contributed by atoms with van der Waals surface area (Å²) >= 11 is 0. The van der Waals surface area contributed by atoms with Crippen molar-refractivity contribution in [1.29, 1.82) is 0 Å². The van der Waals surface area contributed by atoms with Crippen LogP contribution in [0.3, 0.4) is 0 Å². The Labute approximate surface area is 115 Å². The van der Waals surface area contributed by atoms with Gasteiger partial charge in [0, 0.05) is 17.9 Å². The molecule has 0 bridgehead atoms. The molecule has 0 spiro atoms. The van der Waals surface area contributed by atoms with Crippen LogP contribution in [0.15, 0.2) is 28.4 Å². The van der Waals surface area contributed by atoms with Gasteiger partial charge in [-0.15, -0.1) is 5.10 Å². The first-order chi connectivity index (χ1) is 9.51. The number of rotatable bonds is 4. The largest absolute Gasteiger partial charge is 0.493 e. The Bertz CT molecular complexity index is 559. The summed E-state index contributed by atoms with van der Waals surface area (Å²) in [5.74, 6) is 0.731. The van der Waals surface area contributed by atoms with Gasteiger partial charge in [0.1, 0.15) is 5.84 Å². The maximum Gasteiger partial charge on any atom is 0.387 e. The Hall–Kier alpha value is -2.18. The van der Waals surface area contributed by atoms with Gasteiger partial charge < -0.3 is 15.2 Å². The van der Waals surface area contributed by atoms with E-state index in [2.05, 4.69) is 14.9 Å². The maximum absolute atomic E-state index is 12.4. The fourth-order valence-corrected chi connectivity index (χ4v) is 1.87. The lowest BCUT2D eigenvalue weighted by molar-refractivity contribution is -0.0512. The highest BCUT2D eigenvalue weighted by molar-refractivity contribution is 6.05. The molecule has 1 aliphatic heterocycles. The third-order valence-electron chi connectivity index (χ3n) is 3.00. The van der Waals surface area contributed by atoms with Crippen LogP contribution in [0, 0.1) is 5.92 Å². The third kappa shape index (κ3) is 3.04. The molecule has 1 aliphatic rings. The van der Waals surface area contributed by atoms with Crippen molar-refractivity contribution < 1.29 is 18.3 Å². The summed E-state index contributed by atoms with van der Waals surface area (Å²) < 4.78 is 34.2. The zero-order valence-corrected chi connectivity index (χ0v) is 11.1. The molecule has 0 saturated carbocycles. The van der Waals surface area contributed by atoms with E-state index in [-0.39, 0.29) is 17.4 Å². The lowest BCUT2D eigenvalue weighted by atomic mass is 9.97. The Morgan fingerprint density at radius 2 is 2.05 bits per heavy atom. The van der Waals surface area contributed by atoms with Gasteiger partial charge in [-0.1, -0.05) is 6.92 Å². The fraction of sp³-hybridized carbons (Fsp3) is 0.385. The minimum atomic E-state index is -2.92. The van der Waals surface area contributed by atoms with Gasteiger partial charge in [-0.3, -0.25) is 0 Å². The zero-order chi connectivity index (χ0) is 14.7.